The van der Waals surface area contributed by atoms with Gasteiger partial charge in [0, 0.05) is 5.57 Å². The molecule has 0 unspecified atom stereocenters. The van der Waals surface area contributed by atoms with E-state index in [1.54, 1.807) is 31.2 Å². The lowest BCUT2D eigenvalue weighted by molar-refractivity contribution is -0.139. The minimum absolute atomic E-state index is 0.326. The molecule has 0 aliphatic heterocycles. The lowest BCUT2D eigenvalue weighted by Crippen LogP contribution is -2.08. The Morgan fingerprint density at radius 2 is 1.43 bits per heavy atom. The van der Waals surface area contributed by atoms with Gasteiger partial charge in [-0.1, -0.05) is 43.0 Å². The highest BCUT2D eigenvalue weighted by molar-refractivity contribution is 5.90. The van der Waals surface area contributed by atoms with Gasteiger partial charge in [0.15, 0.2) is 5.69 Å². The van der Waals surface area contributed by atoms with Crippen molar-refractivity contribution in [2.45, 2.75) is 26.2 Å². The molecule has 0 radical (unpaired) electrons. The predicted molar refractivity (Wildman–Crippen MR) is 108 cm³/mol. The van der Waals surface area contributed by atoms with Crippen molar-refractivity contribution in [1.82, 2.24) is 0 Å². The molecule has 5 nitrogen and oxygen atoms in total. The molecule has 2 aromatic rings. The number of esters is 2. The van der Waals surface area contributed by atoms with Gasteiger partial charge in [0.1, 0.15) is 0 Å². The molecule has 28 heavy (non-hydrogen) atoms. The van der Waals surface area contributed by atoms with E-state index >= 15 is 0 Å². The minimum atomic E-state index is -0.378. The molecule has 5 heteroatoms. The summed E-state index contributed by atoms with van der Waals surface area (Å²) >= 11 is 0. The Labute approximate surface area is 165 Å². The molecule has 0 bridgehead atoms. The van der Waals surface area contributed by atoms with Crippen LogP contribution >= 0.6 is 0 Å². The van der Waals surface area contributed by atoms with E-state index in [1.807, 2.05) is 24.3 Å². The molecule has 0 amide bonds. The second-order valence-corrected chi connectivity index (χ2v) is 6.35. The molecule has 0 aliphatic carbocycles. The maximum absolute atomic E-state index is 12.1. The normalized spacial score (nSPS) is 10.0. The molecular formula is C23H23NO4. The number of hydrogen-bond acceptors (Lipinski definition) is 4. The van der Waals surface area contributed by atoms with E-state index in [2.05, 4.69) is 11.4 Å². The first-order valence-electron chi connectivity index (χ1n) is 9.09. The molecule has 0 aromatic heterocycles. The van der Waals surface area contributed by atoms with Crippen LogP contribution in [-0.2, 0) is 14.3 Å². The fourth-order valence-electron chi connectivity index (χ4n) is 2.44. The van der Waals surface area contributed by atoms with Crippen molar-refractivity contribution >= 4 is 17.6 Å². The van der Waals surface area contributed by atoms with Gasteiger partial charge in [-0.15, -0.1) is 0 Å². The predicted octanol–water partition coefficient (Wildman–Crippen LogP) is 5.35. The smallest absolute Gasteiger partial charge is 0.338 e. The Morgan fingerprint density at radius 1 is 0.893 bits per heavy atom. The molecule has 0 fully saturated rings. The zero-order valence-electron chi connectivity index (χ0n) is 15.9. The fourth-order valence-corrected chi connectivity index (χ4v) is 2.44. The van der Waals surface area contributed by atoms with Gasteiger partial charge >= 0.3 is 11.9 Å². The summed E-state index contributed by atoms with van der Waals surface area (Å²) in [6.45, 7) is 12.8. The highest BCUT2D eigenvalue weighted by atomic mass is 16.5. The van der Waals surface area contributed by atoms with Crippen LogP contribution in [0.3, 0.4) is 0 Å². The van der Waals surface area contributed by atoms with Crippen molar-refractivity contribution in [2.24, 2.45) is 0 Å². The second kappa shape index (κ2) is 10.7. The van der Waals surface area contributed by atoms with E-state index in [4.69, 9.17) is 16.0 Å². The van der Waals surface area contributed by atoms with E-state index in [0.29, 0.717) is 36.5 Å². The van der Waals surface area contributed by atoms with Gasteiger partial charge in [-0.2, -0.15) is 0 Å². The van der Waals surface area contributed by atoms with Crippen molar-refractivity contribution in [3.05, 3.63) is 77.7 Å². The van der Waals surface area contributed by atoms with Crippen LogP contribution < -0.4 is 0 Å². The molecule has 0 N–H and O–H groups in total. The average molecular weight is 377 g/mol. The molecule has 0 saturated carbocycles. The van der Waals surface area contributed by atoms with Crippen molar-refractivity contribution in [1.29, 1.82) is 0 Å². The first-order chi connectivity index (χ1) is 13.5. The van der Waals surface area contributed by atoms with E-state index in [9.17, 15) is 9.59 Å². The molecule has 2 aromatic carbocycles. The highest BCUT2D eigenvalue weighted by Gasteiger charge is 2.08. The van der Waals surface area contributed by atoms with Crippen LogP contribution in [0, 0.1) is 6.57 Å². The third kappa shape index (κ3) is 6.40. The van der Waals surface area contributed by atoms with Gasteiger partial charge in [-0.25, -0.2) is 14.4 Å². The Morgan fingerprint density at radius 3 is 1.96 bits per heavy atom. The number of rotatable bonds is 9. The molecular weight excluding hydrogens is 354 g/mol. The van der Waals surface area contributed by atoms with Crippen LogP contribution in [-0.4, -0.2) is 25.2 Å². The van der Waals surface area contributed by atoms with E-state index in [1.165, 1.54) is 0 Å². The lowest BCUT2D eigenvalue weighted by atomic mass is 10.0. The van der Waals surface area contributed by atoms with Crippen LogP contribution in [0.5, 0.6) is 0 Å². The van der Waals surface area contributed by atoms with Gasteiger partial charge in [-0.05, 0) is 49.4 Å². The third-order valence-electron chi connectivity index (χ3n) is 4.05. The van der Waals surface area contributed by atoms with Gasteiger partial charge in [0.05, 0.1) is 25.3 Å². The number of benzene rings is 2. The number of nitrogens with zero attached hydrogens (tertiary/aromatic N) is 1. The summed E-state index contributed by atoms with van der Waals surface area (Å²) < 4.78 is 10.3. The summed E-state index contributed by atoms with van der Waals surface area (Å²) in [7, 11) is 0. The summed E-state index contributed by atoms with van der Waals surface area (Å²) in [6.07, 6.45) is 2.23. The van der Waals surface area contributed by atoms with E-state index in [-0.39, 0.29) is 11.9 Å². The maximum atomic E-state index is 12.1. The third-order valence-corrected chi connectivity index (χ3v) is 4.05. The fraction of sp³-hybridized carbons (Fsp3) is 0.261. The Bertz CT molecular complexity index is 861. The SMILES string of the molecule is [C-]#[N+]c1ccc(-c2ccc(C(=O)OCCCCCOC(=O)C(=C)C)cc2)cc1. The average Bonchev–Trinajstić information content (AvgIpc) is 2.72. The second-order valence-electron chi connectivity index (χ2n) is 6.35. The first-order valence-corrected chi connectivity index (χ1v) is 9.09. The Hall–Kier alpha value is -3.39. The maximum Gasteiger partial charge on any atom is 0.338 e. The van der Waals surface area contributed by atoms with Crippen LogP contribution in [0.1, 0.15) is 36.5 Å². The summed E-state index contributed by atoms with van der Waals surface area (Å²) in [5.41, 5.74) is 3.44. The zero-order valence-corrected chi connectivity index (χ0v) is 15.9. The zero-order chi connectivity index (χ0) is 20.4. The molecule has 0 aliphatic rings. The quantitative estimate of drug-likeness (QED) is 0.256. The van der Waals surface area contributed by atoms with Crippen molar-refractivity contribution < 1.29 is 19.1 Å². The first kappa shape index (κ1) is 20.9. The van der Waals surface area contributed by atoms with Crippen molar-refractivity contribution in [3.8, 4) is 11.1 Å². The molecule has 2 rings (SSSR count). The van der Waals surface area contributed by atoms with Crippen LogP contribution in [0.2, 0.25) is 0 Å². The molecule has 0 spiro atoms. The van der Waals surface area contributed by atoms with Gasteiger partial charge < -0.3 is 9.47 Å². The lowest BCUT2D eigenvalue weighted by Gasteiger charge is -2.07. The number of hydrogen-bond donors (Lipinski definition) is 0. The summed E-state index contributed by atoms with van der Waals surface area (Å²) in [4.78, 5) is 26.7. The Kier molecular flexibility index (Phi) is 7.98. The Balaban J connectivity index is 1.72. The highest BCUT2D eigenvalue weighted by Crippen LogP contribution is 2.23. The summed E-state index contributed by atoms with van der Waals surface area (Å²) in [6, 6.07) is 14.5. The van der Waals surface area contributed by atoms with Gasteiger partial charge in [0.25, 0.3) is 0 Å². The van der Waals surface area contributed by atoms with Crippen molar-refractivity contribution in [3.63, 3.8) is 0 Å². The summed E-state index contributed by atoms with van der Waals surface area (Å²) in [5.74, 6) is -0.735. The monoisotopic (exact) mass is 377 g/mol. The molecule has 0 atom stereocenters. The number of carbonyl (C=O) groups is 2. The van der Waals surface area contributed by atoms with Gasteiger partial charge in [0.2, 0.25) is 0 Å². The summed E-state index contributed by atoms with van der Waals surface area (Å²) in [5, 5.41) is 0. The van der Waals surface area contributed by atoms with Crippen LogP contribution in [0.4, 0.5) is 5.69 Å². The van der Waals surface area contributed by atoms with E-state index < -0.39 is 0 Å². The van der Waals surface area contributed by atoms with E-state index in [0.717, 1.165) is 24.0 Å². The molecule has 0 heterocycles. The molecule has 0 saturated heterocycles. The number of carbonyl (C=O) groups excluding carboxylic acids is 2. The van der Waals surface area contributed by atoms with Crippen LogP contribution in [0.15, 0.2) is 60.7 Å². The number of ether oxygens (including phenoxy) is 2. The minimum Gasteiger partial charge on any atom is -0.462 e. The van der Waals surface area contributed by atoms with Crippen molar-refractivity contribution in [2.75, 3.05) is 13.2 Å². The topological polar surface area (TPSA) is 57.0 Å². The standard InChI is InChI=1S/C23H23NO4/c1-17(2)22(25)27-15-5-4-6-16-28-23(26)20-9-7-18(8-10-20)19-11-13-21(24-3)14-12-19/h7-14H,1,4-6,15-16H2,2H3. The van der Waals surface area contributed by atoms with Crippen LogP contribution in [0.25, 0.3) is 16.0 Å². The van der Waals surface area contributed by atoms with Gasteiger partial charge in [-0.3, -0.25) is 0 Å². The molecule has 144 valence electrons. The largest absolute Gasteiger partial charge is 0.462 e. The number of unbranched alkanes of at least 4 members (excludes halogenated alkanes) is 2.